The molecule has 5 fully saturated rings. The molecule has 0 unspecified atom stereocenters. The third-order valence-electron chi connectivity index (χ3n) is 15.3. The molecule has 6 aliphatic rings. The van der Waals surface area contributed by atoms with Crippen molar-refractivity contribution < 1.29 is 40.1 Å². The Balaban J connectivity index is 1.30. The van der Waals surface area contributed by atoms with Crippen molar-refractivity contribution >= 4 is 0 Å². The van der Waals surface area contributed by atoms with Gasteiger partial charge in [0.1, 0.15) is 24.4 Å². The molecule has 252 valence electrons. The summed E-state index contributed by atoms with van der Waals surface area (Å²) in [6.07, 6.45) is 3.91. The number of fused-ring (bicyclic) bond motifs is 7. The van der Waals surface area contributed by atoms with E-state index >= 15 is 0 Å². The van der Waals surface area contributed by atoms with Crippen molar-refractivity contribution in [2.75, 3.05) is 13.2 Å². The van der Waals surface area contributed by atoms with Gasteiger partial charge in [-0.25, -0.2) is 0 Å². The first-order valence-electron chi connectivity index (χ1n) is 17.4. The van der Waals surface area contributed by atoms with E-state index in [-0.39, 0.29) is 45.7 Å². The molecule has 4 saturated carbocycles. The van der Waals surface area contributed by atoms with E-state index in [0.717, 1.165) is 51.4 Å². The summed E-state index contributed by atoms with van der Waals surface area (Å²) in [6, 6.07) is 0. The van der Waals surface area contributed by atoms with Gasteiger partial charge in [-0.1, -0.05) is 60.1 Å². The Morgan fingerprint density at radius 1 is 0.818 bits per heavy atom. The molecule has 0 amide bonds. The van der Waals surface area contributed by atoms with Crippen LogP contribution in [0.4, 0.5) is 0 Å². The number of hydrogen-bond acceptors (Lipinski definition) is 8. The van der Waals surface area contributed by atoms with Crippen LogP contribution in [0.1, 0.15) is 106 Å². The number of aliphatic hydroxyl groups is 6. The zero-order chi connectivity index (χ0) is 32.3. The molecule has 0 aromatic carbocycles. The van der Waals surface area contributed by atoms with Gasteiger partial charge in [-0.15, -0.1) is 0 Å². The van der Waals surface area contributed by atoms with E-state index in [4.69, 9.17) is 9.47 Å². The van der Waals surface area contributed by atoms with Crippen LogP contribution in [0.3, 0.4) is 0 Å². The van der Waals surface area contributed by atoms with E-state index in [1.165, 1.54) is 5.57 Å². The maximum atomic E-state index is 11.9. The fourth-order valence-corrected chi connectivity index (χ4v) is 12.3. The summed E-state index contributed by atoms with van der Waals surface area (Å²) in [7, 11) is 0. The quantitative estimate of drug-likeness (QED) is 0.205. The first-order chi connectivity index (χ1) is 20.4. The summed E-state index contributed by atoms with van der Waals surface area (Å²) in [5.41, 5.74) is 0.911. The van der Waals surface area contributed by atoms with Crippen LogP contribution in [0.25, 0.3) is 0 Å². The maximum absolute atomic E-state index is 11.9. The van der Waals surface area contributed by atoms with Crippen LogP contribution in [0.2, 0.25) is 0 Å². The molecule has 0 bridgehead atoms. The Kier molecular flexibility index (Phi) is 8.11. The highest BCUT2D eigenvalue weighted by molar-refractivity contribution is 5.35. The van der Waals surface area contributed by atoms with E-state index in [1.807, 2.05) is 0 Å². The van der Waals surface area contributed by atoms with Crippen molar-refractivity contribution in [1.29, 1.82) is 0 Å². The average Bonchev–Trinajstić information content (AvgIpc) is 2.95. The highest BCUT2D eigenvalue weighted by Gasteiger charge is 2.70. The second kappa shape index (κ2) is 10.7. The first-order valence-corrected chi connectivity index (χ1v) is 17.4. The van der Waals surface area contributed by atoms with Gasteiger partial charge in [-0.3, -0.25) is 0 Å². The Morgan fingerprint density at radius 3 is 2.18 bits per heavy atom. The molecule has 6 N–H and O–H groups in total. The molecule has 1 saturated heterocycles. The van der Waals surface area contributed by atoms with Crippen molar-refractivity contribution in [2.24, 2.45) is 50.2 Å². The highest BCUT2D eigenvalue weighted by atomic mass is 16.7. The van der Waals surface area contributed by atoms with Gasteiger partial charge in [0.05, 0.1) is 25.4 Å². The van der Waals surface area contributed by atoms with Crippen LogP contribution >= 0.6 is 0 Å². The van der Waals surface area contributed by atoms with Crippen molar-refractivity contribution in [2.45, 2.75) is 149 Å². The van der Waals surface area contributed by atoms with E-state index < -0.39 is 48.8 Å². The predicted molar refractivity (Wildman–Crippen MR) is 166 cm³/mol. The van der Waals surface area contributed by atoms with Gasteiger partial charge in [0.15, 0.2) is 6.29 Å². The first kappa shape index (κ1) is 33.3. The van der Waals surface area contributed by atoms with Crippen LogP contribution in [0.5, 0.6) is 0 Å². The Bertz CT molecular complexity index is 1140. The third-order valence-corrected chi connectivity index (χ3v) is 15.3. The summed E-state index contributed by atoms with van der Waals surface area (Å²) >= 11 is 0. The van der Waals surface area contributed by atoms with Crippen LogP contribution < -0.4 is 0 Å². The highest BCUT2D eigenvalue weighted by Crippen LogP contribution is 2.75. The van der Waals surface area contributed by atoms with Gasteiger partial charge in [-0.2, -0.15) is 0 Å². The van der Waals surface area contributed by atoms with Gasteiger partial charge in [0, 0.05) is 5.41 Å². The lowest BCUT2D eigenvalue weighted by atomic mass is 9.33. The van der Waals surface area contributed by atoms with E-state index in [0.29, 0.717) is 18.3 Å². The minimum atomic E-state index is -1.45. The monoisotopic (exact) mass is 620 g/mol. The molecule has 0 aromatic heterocycles. The molecule has 0 spiro atoms. The predicted octanol–water partition coefficient (Wildman–Crippen LogP) is 3.94. The Morgan fingerprint density at radius 2 is 1.52 bits per heavy atom. The summed E-state index contributed by atoms with van der Waals surface area (Å²) in [5, 5.41) is 63.7. The lowest BCUT2D eigenvalue weighted by molar-refractivity contribution is -0.330. The minimum absolute atomic E-state index is 0.00750. The number of allylic oxidation sites excluding steroid dienone is 2. The number of ether oxygens (including phenoxy) is 2. The lowest BCUT2D eigenvalue weighted by Crippen LogP contribution is -2.67. The van der Waals surface area contributed by atoms with Gasteiger partial charge < -0.3 is 40.1 Å². The molecule has 8 heteroatoms. The normalized spacial score (nSPS) is 54.7. The summed E-state index contributed by atoms with van der Waals surface area (Å²) in [6.45, 7) is 16.2. The number of rotatable bonds is 4. The molecule has 6 rings (SSSR count). The topological polar surface area (TPSA) is 140 Å². The zero-order valence-corrected chi connectivity index (χ0v) is 28.1. The SMILES string of the molecule is CC1(C)CC[C@]2(CO)[C@@H](O)C[C@]3(C)C(=CC[C@@H]4[C@@]5(C)CC[C@H](O[C@H]6O[C@@H](CO)[C@H](O)[C@@H](O)[C@@H]6O)C(C)(C)[C@@H]5CC[C@]43C)[C@@H]2C1. The number of hydrogen-bond donors (Lipinski definition) is 6. The van der Waals surface area contributed by atoms with Crippen molar-refractivity contribution in [3.8, 4) is 0 Å². The molecule has 0 radical (unpaired) electrons. The van der Waals surface area contributed by atoms with E-state index in [1.54, 1.807) is 0 Å². The summed E-state index contributed by atoms with van der Waals surface area (Å²) in [4.78, 5) is 0. The van der Waals surface area contributed by atoms with Gasteiger partial charge in [0.2, 0.25) is 0 Å². The second-order valence-corrected chi connectivity index (χ2v) is 18.0. The second-order valence-electron chi connectivity index (χ2n) is 18.0. The molecular weight excluding hydrogens is 560 g/mol. The lowest BCUT2D eigenvalue weighted by Gasteiger charge is -2.72. The zero-order valence-electron chi connectivity index (χ0n) is 28.1. The molecule has 8 nitrogen and oxygen atoms in total. The van der Waals surface area contributed by atoms with E-state index in [2.05, 4.69) is 54.5 Å². The summed E-state index contributed by atoms with van der Waals surface area (Å²) in [5.74, 6) is 0.988. The third kappa shape index (κ3) is 4.44. The van der Waals surface area contributed by atoms with Crippen LogP contribution in [-0.4, -0.2) is 86.8 Å². The smallest absolute Gasteiger partial charge is 0.186 e. The van der Waals surface area contributed by atoms with Crippen LogP contribution in [-0.2, 0) is 9.47 Å². The molecule has 5 aliphatic carbocycles. The van der Waals surface area contributed by atoms with Gasteiger partial charge >= 0.3 is 0 Å². The van der Waals surface area contributed by atoms with Gasteiger partial charge in [-0.05, 0) is 103 Å². The molecule has 14 atom stereocenters. The fraction of sp³-hybridized carbons (Fsp3) is 0.944. The van der Waals surface area contributed by atoms with Crippen LogP contribution in [0.15, 0.2) is 11.6 Å². The van der Waals surface area contributed by atoms with Crippen LogP contribution in [0, 0.1) is 50.2 Å². The van der Waals surface area contributed by atoms with Crippen molar-refractivity contribution in [3.63, 3.8) is 0 Å². The Hall–Kier alpha value is -0.580. The molecule has 44 heavy (non-hydrogen) atoms. The summed E-state index contributed by atoms with van der Waals surface area (Å²) < 4.78 is 12.2. The molecule has 0 aromatic rings. The maximum Gasteiger partial charge on any atom is 0.186 e. The average molecular weight is 621 g/mol. The largest absolute Gasteiger partial charge is 0.396 e. The van der Waals surface area contributed by atoms with Crippen molar-refractivity contribution in [3.05, 3.63) is 11.6 Å². The van der Waals surface area contributed by atoms with Crippen molar-refractivity contribution in [1.82, 2.24) is 0 Å². The molecule has 1 heterocycles. The minimum Gasteiger partial charge on any atom is -0.396 e. The van der Waals surface area contributed by atoms with E-state index in [9.17, 15) is 30.6 Å². The molecular formula is C36H60O8. The van der Waals surface area contributed by atoms with Gasteiger partial charge in [0.25, 0.3) is 0 Å². The Labute approximate surface area is 264 Å². The fourth-order valence-electron chi connectivity index (χ4n) is 12.3. The number of aliphatic hydroxyl groups excluding tert-OH is 6. The molecule has 1 aliphatic heterocycles. The standard InChI is InChI=1S/C36H60O8/c1-31(2)14-15-36(19-38)21(16-31)20-8-9-24-33(5)12-11-26(44-30-29(42)28(41)27(40)22(18-37)43-30)32(3,4)23(33)10-13-34(24,6)35(20,7)17-25(36)39/h8,21-30,37-42H,9-19H2,1-7H3/t21-,22-,23-,24+,25-,26-,27-,28+,29-,30+,33-,34+,35+,36+/m0/s1.